The molecule has 0 bridgehead atoms. The van der Waals surface area contributed by atoms with E-state index in [1.54, 1.807) is 0 Å². The zero-order valence-corrected chi connectivity index (χ0v) is 6.86. The zero-order chi connectivity index (χ0) is 7.98. The summed E-state index contributed by atoms with van der Waals surface area (Å²) in [5.41, 5.74) is 0. The van der Waals surface area contributed by atoms with Crippen LogP contribution in [-0.2, 0) is 9.53 Å². The number of carbonyl (C=O) groups excluding carboxylic acids is 1. The molecular weight excluding hydrogens is 175 g/mol. The molecule has 0 rings (SSSR count). The molecule has 0 saturated carbocycles. The van der Waals surface area contributed by atoms with Gasteiger partial charge in [-0.15, -0.1) is 23.2 Å². The summed E-state index contributed by atoms with van der Waals surface area (Å²) < 4.78 is 4.58. The predicted molar refractivity (Wildman–Crippen MR) is 41.3 cm³/mol. The van der Waals surface area contributed by atoms with E-state index in [0.717, 1.165) is 6.08 Å². The lowest BCUT2D eigenvalue weighted by atomic mass is 10.5. The molecule has 0 aliphatic carbocycles. The van der Waals surface area contributed by atoms with Crippen LogP contribution < -0.4 is 0 Å². The summed E-state index contributed by atoms with van der Waals surface area (Å²) in [4.78, 5) is 9.89. The smallest absolute Gasteiger partial charge is 0.330 e. The fourth-order valence-electron chi connectivity index (χ4n) is 0.308. The molecule has 0 aliphatic rings. The molecule has 0 saturated heterocycles. The summed E-state index contributed by atoms with van der Waals surface area (Å²) >= 11 is 10.7. The molecule has 0 fully saturated rings. The lowest BCUT2D eigenvalue weighted by Gasteiger charge is -2.00. The second-order valence-corrected chi connectivity index (χ2v) is 2.83. The predicted octanol–water partition coefficient (Wildman–Crippen LogP) is 1.91. The molecule has 4 heteroatoms. The van der Waals surface area contributed by atoms with Crippen LogP contribution >= 0.6 is 23.2 Å². The van der Waals surface area contributed by atoms with E-state index >= 15 is 0 Å². The minimum Gasteiger partial charge on any atom is -0.462 e. The quantitative estimate of drug-likeness (QED) is 0.378. The molecule has 0 heterocycles. The van der Waals surface area contributed by atoms with E-state index < -0.39 is 10.8 Å². The summed E-state index contributed by atoms with van der Waals surface area (Å²) in [6.45, 7) is 3.46. The van der Waals surface area contributed by atoms with Crippen LogP contribution in [-0.4, -0.2) is 17.4 Å². The van der Waals surface area contributed by atoms with Crippen molar-refractivity contribution in [3.05, 3.63) is 12.7 Å². The number of ether oxygens (including phenoxy) is 1. The van der Waals surface area contributed by atoms with Crippen molar-refractivity contribution >= 4 is 29.2 Å². The molecule has 0 spiro atoms. The first-order chi connectivity index (χ1) is 4.66. The molecular formula is C6H8Cl2O2. The summed E-state index contributed by atoms with van der Waals surface area (Å²) in [5, 5.41) is 0. The van der Waals surface area contributed by atoms with Crippen LogP contribution in [0.25, 0.3) is 0 Å². The van der Waals surface area contributed by atoms with Gasteiger partial charge in [-0.1, -0.05) is 6.58 Å². The fourth-order valence-corrected chi connectivity index (χ4v) is 0.486. The summed E-state index contributed by atoms with van der Waals surface area (Å²) in [6.07, 6.45) is 1.54. The van der Waals surface area contributed by atoms with Crippen LogP contribution in [0.2, 0.25) is 0 Å². The van der Waals surface area contributed by atoms with Crippen molar-refractivity contribution in [3.8, 4) is 0 Å². The Balaban J connectivity index is 3.19. The number of hydrogen-bond acceptors (Lipinski definition) is 2. The van der Waals surface area contributed by atoms with Crippen LogP contribution in [0.3, 0.4) is 0 Å². The number of alkyl halides is 2. The van der Waals surface area contributed by atoms with Gasteiger partial charge in [0.1, 0.15) is 4.84 Å². The van der Waals surface area contributed by atoms with Gasteiger partial charge >= 0.3 is 5.97 Å². The Labute approximate surface area is 69.8 Å². The number of hydrogen-bond donors (Lipinski definition) is 0. The van der Waals surface area contributed by atoms with Crippen molar-refractivity contribution in [1.29, 1.82) is 0 Å². The van der Waals surface area contributed by atoms with Gasteiger partial charge in [0.05, 0.1) is 6.61 Å². The van der Waals surface area contributed by atoms with Crippen LogP contribution in [0.1, 0.15) is 6.42 Å². The Morgan fingerprint density at radius 1 is 1.70 bits per heavy atom. The van der Waals surface area contributed by atoms with E-state index in [2.05, 4.69) is 11.3 Å². The highest BCUT2D eigenvalue weighted by molar-refractivity contribution is 6.44. The molecule has 10 heavy (non-hydrogen) atoms. The summed E-state index contributed by atoms with van der Waals surface area (Å²) in [5.74, 6) is -0.450. The SMILES string of the molecule is C=CC(=O)OCCC(Cl)Cl. The molecule has 0 aromatic carbocycles. The summed E-state index contributed by atoms with van der Waals surface area (Å²) in [6, 6.07) is 0. The molecule has 0 unspecified atom stereocenters. The standard InChI is InChI=1S/C6H8Cl2O2/c1-2-6(9)10-4-3-5(7)8/h2,5H,1,3-4H2. The van der Waals surface area contributed by atoms with E-state index in [1.807, 2.05) is 0 Å². The Morgan fingerprint density at radius 3 is 2.70 bits per heavy atom. The average molecular weight is 183 g/mol. The zero-order valence-electron chi connectivity index (χ0n) is 5.35. The van der Waals surface area contributed by atoms with E-state index in [9.17, 15) is 4.79 Å². The first kappa shape index (κ1) is 9.79. The van der Waals surface area contributed by atoms with Crippen LogP contribution in [0.15, 0.2) is 12.7 Å². The molecule has 0 aromatic heterocycles. The maximum absolute atomic E-state index is 10.4. The van der Waals surface area contributed by atoms with Gasteiger partial charge in [-0.25, -0.2) is 4.79 Å². The molecule has 0 N–H and O–H groups in total. The molecule has 0 aromatic rings. The normalized spacial score (nSPS) is 9.50. The van der Waals surface area contributed by atoms with E-state index in [4.69, 9.17) is 23.2 Å². The van der Waals surface area contributed by atoms with Crippen molar-refractivity contribution in [2.45, 2.75) is 11.3 Å². The molecule has 0 amide bonds. The third-order valence-electron chi connectivity index (χ3n) is 0.747. The average Bonchev–Trinajstić information content (AvgIpc) is 1.87. The van der Waals surface area contributed by atoms with Crippen molar-refractivity contribution in [2.75, 3.05) is 6.61 Å². The number of rotatable bonds is 4. The second-order valence-electron chi connectivity index (χ2n) is 1.55. The van der Waals surface area contributed by atoms with Crippen LogP contribution in [0.4, 0.5) is 0 Å². The maximum Gasteiger partial charge on any atom is 0.330 e. The largest absolute Gasteiger partial charge is 0.462 e. The Hall–Kier alpha value is -0.210. The fraction of sp³-hybridized carbons (Fsp3) is 0.500. The maximum atomic E-state index is 10.4. The lowest BCUT2D eigenvalue weighted by molar-refractivity contribution is -0.137. The van der Waals surface area contributed by atoms with Crippen LogP contribution in [0, 0.1) is 0 Å². The van der Waals surface area contributed by atoms with E-state index in [0.29, 0.717) is 6.42 Å². The van der Waals surface area contributed by atoms with Gasteiger partial charge in [0.25, 0.3) is 0 Å². The molecule has 2 nitrogen and oxygen atoms in total. The summed E-state index contributed by atoms with van der Waals surface area (Å²) in [7, 11) is 0. The van der Waals surface area contributed by atoms with Crippen molar-refractivity contribution in [2.24, 2.45) is 0 Å². The van der Waals surface area contributed by atoms with Gasteiger partial charge in [0.15, 0.2) is 0 Å². The third kappa shape index (κ3) is 5.92. The highest BCUT2D eigenvalue weighted by atomic mass is 35.5. The van der Waals surface area contributed by atoms with Crippen LogP contribution in [0.5, 0.6) is 0 Å². The minimum atomic E-state index is -0.474. The van der Waals surface area contributed by atoms with Gasteiger partial charge in [-0.05, 0) is 0 Å². The molecule has 0 radical (unpaired) electrons. The third-order valence-corrected chi connectivity index (χ3v) is 1.18. The van der Waals surface area contributed by atoms with E-state index in [-0.39, 0.29) is 6.61 Å². The van der Waals surface area contributed by atoms with Gasteiger partial charge in [-0.3, -0.25) is 0 Å². The number of halogens is 2. The number of carbonyl (C=O) groups is 1. The highest BCUT2D eigenvalue weighted by Gasteiger charge is 1.99. The first-order valence-electron chi connectivity index (χ1n) is 2.74. The minimum absolute atomic E-state index is 0.239. The first-order valence-corrected chi connectivity index (χ1v) is 3.61. The van der Waals surface area contributed by atoms with Gasteiger partial charge in [0.2, 0.25) is 0 Å². The monoisotopic (exact) mass is 182 g/mol. The topological polar surface area (TPSA) is 26.3 Å². The number of esters is 1. The molecule has 58 valence electrons. The van der Waals surface area contributed by atoms with Crippen molar-refractivity contribution in [3.63, 3.8) is 0 Å². The van der Waals surface area contributed by atoms with Crippen molar-refractivity contribution < 1.29 is 9.53 Å². The highest BCUT2D eigenvalue weighted by Crippen LogP contribution is 2.06. The second kappa shape index (κ2) is 5.57. The Bertz CT molecular complexity index is 123. The molecule has 0 atom stereocenters. The van der Waals surface area contributed by atoms with E-state index in [1.165, 1.54) is 0 Å². The Kier molecular flexibility index (Phi) is 5.45. The molecule has 0 aliphatic heterocycles. The van der Waals surface area contributed by atoms with Gasteiger partial charge in [0, 0.05) is 12.5 Å². The van der Waals surface area contributed by atoms with Gasteiger partial charge in [-0.2, -0.15) is 0 Å². The lowest BCUT2D eigenvalue weighted by Crippen LogP contribution is -2.04. The van der Waals surface area contributed by atoms with Gasteiger partial charge < -0.3 is 4.74 Å². The Morgan fingerprint density at radius 2 is 2.30 bits per heavy atom. The van der Waals surface area contributed by atoms with Crippen molar-refractivity contribution in [1.82, 2.24) is 0 Å².